The lowest BCUT2D eigenvalue weighted by molar-refractivity contribution is 0.665. The Hall–Kier alpha value is -2.07. The zero-order valence-electron chi connectivity index (χ0n) is 6.92. The third kappa shape index (κ3) is 1.30. The number of benzene rings is 1. The molecular weight excluding hydrogens is 168 g/mol. The lowest BCUT2D eigenvalue weighted by Gasteiger charge is -1.87. The second kappa shape index (κ2) is 2.76. The van der Waals surface area contributed by atoms with Crippen molar-refractivity contribution in [3.63, 3.8) is 0 Å². The van der Waals surface area contributed by atoms with Gasteiger partial charge in [-0.2, -0.15) is 15.0 Å². The first kappa shape index (κ1) is 7.57. The van der Waals surface area contributed by atoms with Crippen LogP contribution in [0.4, 0.5) is 5.69 Å². The van der Waals surface area contributed by atoms with E-state index >= 15 is 0 Å². The second-order valence-electron chi connectivity index (χ2n) is 2.55. The van der Waals surface area contributed by atoms with Crippen LogP contribution >= 0.6 is 0 Å². The number of aromatic nitrogens is 3. The maximum Gasteiger partial charge on any atom is 0.113 e. The molecule has 0 unspecified atom stereocenters. The molecule has 0 saturated heterocycles. The molecular formula is C7H6N6. The average molecular weight is 174 g/mol. The molecule has 64 valence electrons. The molecule has 2 rings (SSSR count). The molecule has 1 heterocycles. The van der Waals surface area contributed by atoms with Crippen molar-refractivity contribution >= 4 is 16.7 Å². The number of fused-ring (bicyclic) bond motifs is 1. The molecule has 0 amide bonds. The Morgan fingerprint density at radius 3 is 2.92 bits per heavy atom. The van der Waals surface area contributed by atoms with E-state index in [1.807, 2.05) is 0 Å². The summed E-state index contributed by atoms with van der Waals surface area (Å²) in [5, 5.41) is 11.6. The van der Waals surface area contributed by atoms with Crippen LogP contribution in [0.25, 0.3) is 21.5 Å². The van der Waals surface area contributed by atoms with E-state index in [1.54, 1.807) is 25.2 Å². The predicted octanol–water partition coefficient (Wildman–Crippen LogP) is 1.91. The van der Waals surface area contributed by atoms with E-state index in [4.69, 9.17) is 5.53 Å². The molecule has 0 aliphatic carbocycles. The van der Waals surface area contributed by atoms with E-state index in [9.17, 15) is 0 Å². The summed E-state index contributed by atoms with van der Waals surface area (Å²) in [6.07, 6.45) is 0. The van der Waals surface area contributed by atoms with E-state index in [0.29, 0.717) is 5.69 Å². The van der Waals surface area contributed by atoms with Crippen molar-refractivity contribution in [1.82, 2.24) is 15.0 Å². The number of rotatable bonds is 1. The molecule has 0 radical (unpaired) electrons. The van der Waals surface area contributed by atoms with Crippen molar-refractivity contribution in [3.8, 4) is 0 Å². The molecule has 0 bridgehead atoms. The topological polar surface area (TPSA) is 79.5 Å². The highest BCUT2D eigenvalue weighted by Gasteiger charge is 1.99. The molecule has 2 aromatic rings. The van der Waals surface area contributed by atoms with Crippen LogP contribution < -0.4 is 0 Å². The van der Waals surface area contributed by atoms with Crippen molar-refractivity contribution in [2.75, 3.05) is 0 Å². The summed E-state index contributed by atoms with van der Waals surface area (Å²) in [6.45, 7) is 0. The van der Waals surface area contributed by atoms with Gasteiger partial charge < -0.3 is 0 Å². The molecule has 0 saturated carbocycles. The molecule has 6 heteroatoms. The fraction of sp³-hybridized carbons (Fsp3) is 0.143. The SMILES string of the molecule is Cn1nc2ccc(N=[N+]=[N-])cc2n1. The molecule has 0 spiro atoms. The lowest BCUT2D eigenvalue weighted by Crippen LogP contribution is -1.90. The van der Waals surface area contributed by atoms with E-state index in [-0.39, 0.29) is 0 Å². The summed E-state index contributed by atoms with van der Waals surface area (Å²) in [7, 11) is 1.74. The van der Waals surface area contributed by atoms with Gasteiger partial charge in [-0.05, 0) is 17.7 Å². The van der Waals surface area contributed by atoms with E-state index < -0.39 is 0 Å². The lowest BCUT2D eigenvalue weighted by atomic mass is 10.3. The van der Waals surface area contributed by atoms with E-state index in [2.05, 4.69) is 20.2 Å². The Balaban J connectivity index is 2.67. The van der Waals surface area contributed by atoms with Crippen molar-refractivity contribution in [2.24, 2.45) is 12.2 Å². The monoisotopic (exact) mass is 174 g/mol. The van der Waals surface area contributed by atoms with Gasteiger partial charge in [0.1, 0.15) is 11.0 Å². The highest BCUT2D eigenvalue weighted by atomic mass is 15.4. The van der Waals surface area contributed by atoms with Gasteiger partial charge in [0.25, 0.3) is 0 Å². The Bertz CT molecular complexity index is 493. The Morgan fingerprint density at radius 1 is 1.38 bits per heavy atom. The highest BCUT2D eigenvalue weighted by Crippen LogP contribution is 2.17. The van der Waals surface area contributed by atoms with Gasteiger partial charge in [0.15, 0.2) is 0 Å². The zero-order chi connectivity index (χ0) is 9.26. The summed E-state index contributed by atoms with van der Waals surface area (Å²) in [5.41, 5.74) is 10.3. The standard InChI is InChI=1S/C7H6N6/c1-13-10-6-3-2-5(9-12-8)4-7(6)11-13/h2-4H,1H3. The highest BCUT2D eigenvalue weighted by molar-refractivity contribution is 5.77. The largest absolute Gasteiger partial charge is 0.187 e. The number of aryl methyl sites for hydroxylation is 1. The van der Waals surface area contributed by atoms with Crippen LogP contribution in [0.3, 0.4) is 0 Å². The minimum absolute atomic E-state index is 0.551. The summed E-state index contributed by atoms with van der Waals surface area (Å²) >= 11 is 0. The molecule has 6 nitrogen and oxygen atoms in total. The molecule has 1 aromatic carbocycles. The fourth-order valence-electron chi connectivity index (χ4n) is 1.12. The summed E-state index contributed by atoms with van der Waals surface area (Å²) in [6, 6.07) is 5.17. The van der Waals surface area contributed by atoms with Gasteiger partial charge in [-0.15, -0.1) is 0 Å². The maximum absolute atomic E-state index is 8.21. The van der Waals surface area contributed by atoms with Crippen LogP contribution in [0.15, 0.2) is 23.3 Å². The Labute approximate surface area is 73.4 Å². The molecule has 0 atom stereocenters. The number of hydrogen-bond donors (Lipinski definition) is 0. The normalized spacial score (nSPS) is 9.92. The number of hydrogen-bond acceptors (Lipinski definition) is 3. The quantitative estimate of drug-likeness (QED) is 0.376. The van der Waals surface area contributed by atoms with Crippen LogP contribution in [-0.2, 0) is 7.05 Å². The third-order valence-electron chi connectivity index (χ3n) is 1.62. The molecule has 13 heavy (non-hydrogen) atoms. The Morgan fingerprint density at radius 2 is 2.15 bits per heavy atom. The molecule has 0 aliphatic heterocycles. The first-order valence-corrected chi connectivity index (χ1v) is 3.66. The number of nitrogens with zero attached hydrogens (tertiary/aromatic N) is 6. The Kier molecular flexibility index (Phi) is 1.61. The fourth-order valence-corrected chi connectivity index (χ4v) is 1.12. The average Bonchev–Trinajstić information content (AvgIpc) is 2.44. The predicted molar refractivity (Wildman–Crippen MR) is 47.3 cm³/mol. The van der Waals surface area contributed by atoms with Crippen LogP contribution in [0, 0.1) is 0 Å². The van der Waals surface area contributed by atoms with Gasteiger partial charge in [0, 0.05) is 17.6 Å². The van der Waals surface area contributed by atoms with Crippen molar-refractivity contribution < 1.29 is 0 Å². The van der Waals surface area contributed by atoms with Gasteiger partial charge in [-0.1, -0.05) is 11.2 Å². The first-order valence-electron chi connectivity index (χ1n) is 3.66. The minimum Gasteiger partial charge on any atom is -0.187 e. The van der Waals surface area contributed by atoms with Gasteiger partial charge in [-0.25, -0.2) is 0 Å². The molecule has 0 N–H and O–H groups in total. The van der Waals surface area contributed by atoms with Gasteiger partial charge in [0.2, 0.25) is 0 Å². The summed E-state index contributed by atoms with van der Waals surface area (Å²) in [4.78, 5) is 4.17. The maximum atomic E-state index is 8.21. The van der Waals surface area contributed by atoms with Crippen molar-refractivity contribution in [2.45, 2.75) is 0 Å². The van der Waals surface area contributed by atoms with Gasteiger partial charge >= 0.3 is 0 Å². The van der Waals surface area contributed by atoms with E-state index in [0.717, 1.165) is 11.0 Å². The summed E-state index contributed by atoms with van der Waals surface area (Å²) in [5.74, 6) is 0. The summed E-state index contributed by atoms with van der Waals surface area (Å²) < 4.78 is 0. The molecule has 0 aliphatic rings. The van der Waals surface area contributed by atoms with Crippen LogP contribution in [0.1, 0.15) is 0 Å². The van der Waals surface area contributed by atoms with Crippen LogP contribution in [0.5, 0.6) is 0 Å². The smallest absolute Gasteiger partial charge is 0.113 e. The second-order valence-corrected chi connectivity index (χ2v) is 2.55. The molecule has 1 aromatic heterocycles. The van der Waals surface area contributed by atoms with Gasteiger partial charge in [0.05, 0.1) is 0 Å². The first-order chi connectivity index (χ1) is 6.29. The van der Waals surface area contributed by atoms with Crippen molar-refractivity contribution in [1.29, 1.82) is 0 Å². The van der Waals surface area contributed by atoms with E-state index in [1.165, 1.54) is 4.80 Å². The van der Waals surface area contributed by atoms with Crippen molar-refractivity contribution in [3.05, 3.63) is 28.6 Å². The number of azide groups is 1. The van der Waals surface area contributed by atoms with Crippen LogP contribution in [0.2, 0.25) is 0 Å². The minimum atomic E-state index is 0.551. The molecule has 0 fully saturated rings. The van der Waals surface area contributed by atoms with Gasteiger partial charge in [-0.3, -0.25) is 0 Å². The third-order valence-corrected chi connectivity index (χ3v) is 1.62. The van der Waals surface area contributed by atoms with Crippen LogP contribution in [-0.4, -0.2) is 15.0 Å². The zero-order valence-corrected chi connectivity index (χ0v) is 6.92.